The van der Waals surface area contributed by atoms with Gasteiger partial charge in [-0.15, -0.1) is 0 Å². The lowest BCUT2D eigenvalue weighted by Crippen LogP contribution is -2.15. The molecule has 3 atom stereocenters. The van der Waals surface area contributed by atoms with Crippen molar-refractivity contribution in [2.24, 2.45) is 5.92 Å². The molecular weight excluding hydrogens is 176 g/mol. The second-order valence-corrected chi connectivity index (χ2v) is 4.40. The van der Waals surface area contributed by atoms with Gasteiger partial charge >= 0.3 is 0 Å². The molecule has 0 amide bonds. The van der Waals surface area contributed by atoms with E-state index < -0.39 is 0 Å². The molecule has 0 bridgehead atoms. The molecule has 2 heteroatoms. The van der Waals surface area contributed by atoms with E-state index in [1.54, 1.807) is 0 Å². The maximum absolute atomic E-state index is 9.42. The second-order valence-electron chi connectivity index (χ2n) is 4.40. The molecule has 0 aliphatic carbocycles. The molecule has 0 aliphatic rings. The Labute approximate surface area is 88.3 Å². The zero-order valence-corrected chi connectivity index (χ0v) is 9.87. The van der Waals surface area contributed by atoms with Gasteiger partial charge in [-0.05, 0) is 32.6 Å². The normalized spacial score (nSPS) is 17.8. The van der Waals surface area contributed by atoms with Gasteiger partial charge in [0.15, 0.2) is 0 Å². The molecule has 2 N–H and O–H groups in total. The minimum atomic E-state index is -0.170. The largest absolute Gasteiger partial charge is 0.393 e. The highest BCUT2D eigenvalue weighted by Crippen LogP contribution is 2.17. The van der Waals surface area contributed by atoms with Crippen molar-refractivity contribution >= 4 is 0 Å². The van der Waals surface area contributed by atoms with Gasteiger partial charge in [-0.1, -0.05) is 32.6 Å². The van der Waals surface area contributed by atoms with Crippen molar-refractivity contribution in [3.8, 4) is 0 Å². The molecule has 0 rings (SSSR count). The van der Waals surface area contributed by atoms with Crippen molar-refractivity contribution in [1.82, 2.24) is 0 Å². The summed E-state index contributed by atoms with van der Waals surface area (Å²) in [5.41, 5.74) is 0. The predicted octanol–water partition coefficient (Wildman–Crippen LogP) is 2.72. The average Bonchev–Trinajstić information content (AvgIpc) is 2.10. The van der Waals surface area contributed by atoms with Crippen molar-refractivity contribution in [3.05, 3.63) is 0 Å². The van der Waals surface area contributed by atoms with Crippen molar-refractivity contribution in [1.29, 1.82) is 0 Å². The molecule has 0 spiro atoms. The van der Waals surface area contributed by atoms with Crippen LogP contribution in [0.2, 0.25) is 0 Å². The zero-order valence-electron chi connectivity index (χ0n) is 9.87. The summed E-state index contributed by atoms with van der Waals surface area (Å²) in [7, 11) is 0. The summed E-state index contributed by atoms with van der Waals surface area (Å²) in [6.45, 7) is 5.85. The first-order valence-electron chi connectivity index (χ1n) is 5.94. The third-order valence-electron chi connectivity index (χ3n) is 2.90. The SMILES string of the molecule is CCC(CCCCCC(C)O)C(C)O. The Balaban J connectivity index is 3.33. The molecule has 0 saturated heterocycles. The van der Waals surface area contributed by atoms with Crippen LogP contribution in [0.1, 0.15) is 59.3 Å². The minimum absolute atomic E-state index is 0.159. The highest BCUT2D eigenvalue weighted by atomic mass is 16.3. The van der Waals surface area contributed by atoms with Crippen LogP contribution in [0.4, 0.5) is 0 Å². The van der Waals surface area contributed by atoms with Gasteiger partial charge in [0.05, 0.1) is 12.2 Å². The van der Waals surface area contributed by atoms with Crippen molar-refractivity contribution in [3.63, 3.8) is 0 Å². The lowest BCUT2D eigenvalue weighted by Gasteiger charge is -2.17. The average molecular weight is 202 g/mol. The first kappa shape index (κ1) is 13.9. The molecule has 0 saturated carbocycles. The van der Waals surface area contributed by atoms with E-state index in [0.29, 0.717) is 5.92 Å². The van der Waals surface area contributed by atoms with Crippen LogP contribution >= 0.6 is 0 Å². The summed E-state index contributed by atoms with van der Waals surface area (Å²) in [5, 5.41) is 18.5. The van der Waals surface area contributed by atoms with Crippen molar-refractivity contribution < 1.29 is 10.2 Å². The smallest absolute Gasteiger partial charge is 0.0540 e. The standard InChI is InChI=1S/C12H26O2/c1-4-12(11(3)14)9-7-5-6-8-10(2)13/h10-14H,4-9H2,1-3H3. The first-order chi connectivity index (χ1) is 6.57. The quantitative estimate of drug-likeness (QED) is 0.594. The molecular formula is C12H26O2. The van der Waals surface area contributed by atoms with Crippen LogP contribution in [0, 0.1) is 5.92 Å². The molecule has 2 nitrogen and oxygen atoms in total. The first-order valence-corrected chi connectivity index (χ1v) is 5.94. The van der Waals surface area contributed by atoms with Gasteiger partial charge < -0.3 is 10.2 Å². The van der Waals surface area contributed by atoms with Crippen LogP contribution in [0.15, 0.2) is 0 Å². The van der Waals surface area contributed by atoms with Gasteiger partial charge in [0, 0.05) is 0 Å². The molecule has 3 unspecified atom stereocenters. The van der Waals surface area contributed by atoms with E-state index in [4.69, 9.17) is 5.11 Å². The van der Waals surface area contributed by atoms with Crippen LogP contribution in [0.3, 0.4) is 0 Å². The molecule has 0 aliphatic heterocycles. The van der Waals surface area contributed by atoms with E-state index in [1.165, 1.54) is 12.8 Å². The van der Waals surface area contributed by atoms with Gasteiger partial charge in [0.1, 0.15) is 0 Å². The Morgan fingerprint density at radius 3 is 1.93 bits per heavy atom. The van der Waals surface area contributed by atoms with Crippen LogP contribution in [-0.4, -0.2) is 22.4 Å². The molecule has 0 aromatic heterocycles. The van der Waals surface area contributed by atoms with E-state index in [1.807, 2.05) is 13.8 Å². The fourth-order valence-corrected chi connectivity index (χ4v) is 1.81. The minimum Gasteiger partial charge on any atom is -0.393 e. The summed E-state index contributed by atoms with van der Waals surface area (Å²) in [6, 6.07) is 0. The molecule has 86 valence electrons. The topological polar surface area (TPSA) is 40.5 Å². The van der Waals surface area contributed by atoms with E-state index in [9.17, 15) is 5.11 Å². The Morgan fingerprint density at radius 1 is 0.929 bits per heavy atom. The fourth-order valence-electron chi connectivity index (χ4n) is 1.81. The van der Waals surface area contributed by atoms with E-state index >= 15 is 0 Å². The lowest BCUT2D eigenvalue weighted by molar-refractivity contribution is 0.115. The molecule has 0 aromatic rings. The van der Waals surface area contributed by atoms with Crippen molar-refractivity contribution in [2.45, 2.75) is 71.5 Å². The third-order valence-corrected chi connectivity index (χ3v) is 2.90. The number of unbranched alkanes of at least 4 members (excludes halogenated alkanes) is 2. The highest BCUT2D eigenvalue weighted by Gasteiger charge is 2.11. The predicted molar refractivity (Wildman–Crippen MR) is 60.2 cm³/mol. The van der Waals surface area contributed by atoms with Crippen LogP contribution in [0.5, 0.6) is 0 Å². The molecule has 14 heavy (non-hydrogen) atoms. The number of hydrogen-bond acceptors (Lipinski definition) is 2. The van der Waals surface area contributed by atoms with Gasteiger partial charge in [-0.3, -0.25) is 0 Å². The molecule has 0 radical (unpaired) electrons. The van der Waals surface area contributed by atoms with E-state index in [0.717, 1.165) is 25.7 Å². The molecule has 0 aromatic carbocycles. The Bertz CT molecular complexity index is 121. The van der Waals surface area contributed by atoms with Gasteiger partial charge in [0.25, 0.3) is 0 Å². The lowest BCUT2D eigenvalue weighted by atomic mass is 9.93. The monoisotopic (exact) mass is 202 g/mol. The Hall–Kier alpha value is -0.0800. The van der Waals surface area contributed by atoms with Crippen LogP contribution in [-0.2, 0) is 0 Å². The fraction of sp³-hybridized carbons (Fsp3) is 1.00. The molecule has 0 heterocycles. The maximum atomic E-state index is 9.42. The number of hydrogen-bond donors (Lipinski definition) is 2. The summed E-state index contributed by atoms with van der Waals surface area (Å²) >= 11 is 0. The third kappa shape index (κ3) is 7.34. The summed E-state index contributed by atoms with van der Waals surface area (Å²) in [6.07, 6.45) is 6.22. The Morgan fingerprint density at radius 2 is 1.50 bits per heavy atom. The van der Waals surface area contributed by atoms with E-state index in [2.05, 4.69) is 6.92 Å². The van der Waals surface area contributed by atoms with E-state index in [-0.39, 0.29) is 12.2 Å². The van der Waals surface area contributed by atoms with Gasteiger partial charge in [-0.2, -0.15) is 0 Å². The van der Waals surface area contributed by atoms with Gasteiger partial charge in [0.2, 0.25) is 0 Å². The van der Waals surface area contributed by atoms with Crippen LogP contribution < -0.4 is 0 Å². The zero-order chi connectivity index (χ0) is 11.0. The summed E-state index contributed by atoms with van der Waals surface area (Å²) in [4.78, 5) is 0. The van der Waals surface area contributed by atoms with Gasteiger partial charge in [-0.25, -0.2) is 0 Å². The van der Waals surface area contributed by atoms with Crippen molar-refractivity contribution in [2.75, 3.05) is 0 Å². The Kier molecular flexibility index (Phi) is 8.20. The second kappa shape index (κ2) is 8.25. The summed E-state index contributed by atoms with van der Waals surface area (Å²) in [5.74, 6) is 0.460. The molecule has 0 fully saturated rings. The number of aliphatic hydroxyl groups is 2. The summed E-state index contributed by atoms with van der Waals surface area (Å²) < 4.78 is 0. The highest BCUT2D eigenvalue weighted by molar-refractivity contribution is 4.63. The number of aliphatic hydroxyl groups excluding tert-OH is 2. The van der Waals surface area contributed by atoms with Crippen LogP contribution in [0.25, 0.3) is 0 Å². The maximum Gasteiger partial charge on any atom is 0.0540 e. The number of rotatable bonds is 8.